The van der Waals surface area contributed by atoms with Crippen LogP contribution in [0.3, 0.4) is 0 Å². The van der Waals surface area contributed by atoms with Crippen LogP contribution in [0, 0.1) is 24.1 Å². The highest BCUT2D eigenvalue weighted by Crippen LogP contribution is 2.23. The average molecular weight is 340 g/mol. The average Bonchev–Trinajstić information content (AvgIpc) is 2.58. The quantitative estimate of drug-likeness (QED) is 0.864. The second kappa shape index (κ2) is 8.29. The maximum absolute atomic E-state index is 13.7. The van der Waals surface area contributed by atoms with Crippen molar-refractivity contribution in [1.29, 1.82) is 5.26 Å². The molecule has 0 aliphatic carbocycles. The van der Waals surface area contributed by atoms with E-state index >= 15 is 0 Å². The van der Waals surface area contributed by atoms with E-state index in [-0.39, 0.29) is 12.2 Å². The summed E-state index contributed by atoms with van der Waals surface area (Å²) in [6.45, 7) is 5.97. The minimum Gasteiger partial charge on any atom is -0.484 e. The first-order chi connectivity index (χ1) is 11.9. The smallest absolute Gasteiger partial charge is 0.259 e. The van der Waals surface area contributed by atoms with Gasteiger partial charge in [0.2, 0.25) is 0 Å². The molecule has 2 aromatic rings. The van der Waals surface area contributed by atoms with Crippen LogP contribution in [-0.2, 0) is 4.79 Å². The molecule has 0 aliphatic rings. The fraction of sp³-hybridized carbons (Fsp3) is 0.300. The fourth-order valence-electron chi connectivity index (χ4n) is 2.63. The third-order valence-electron chi connectivity index (χ3n) is 3.88. The van der Waals surface area contributed by atoms with Crippen LogP contribution in [-0.4, -0.2) is 12.5 Å². The van der Waals surface area contributed by atoms with Crippen molar-refractivity contribution in [2.45, 2.75) is 32.7 Å². The van der Waals surface area contributed by atoms with Crippen LogP contribution in [0.1, 0.15) is 42.5 Å². The van der Waals surface area contributed by atoms with E-state index in [1.807, 2.05) is 31.2 Å². The predicted molar refractivity (Wildman–Crippen MR) is 93.7 cm³/mol. The van der Waals surface area contributed by atoms with Gasteiger partial charge in [0.05, 0.1) is 6.07 Å². The van der Waals surface area contributed by atoms with Gasteiger partial charge in [-0.05, 0) is 42.2 Å². The number of amides is 1. The lowest BCUT2D eigenvalue weighted by molar-refractivity contribution is -0.123. The number of rotatable bonds is 6. The molecule has 0 aromatic heterocycles. The van der Waals surface area contributed by atoms with E-state index < -0.39 is 17.8 Å². The van der Waals surface area contributed by atoms with E-state index in [0.717, 1.165) is 5.56 Å². The number of halogens is 1. The minimum absolute atomic E-state index is 0.135. The molecule has 4 nitrogen and oxygen atoms in total. The molecule has 0 bridgehead atoms. The van der Waals surface area contributed by atoms with Crippen LogP contribution < -0.4 is 10.1 Å². The van der Waals surface area contributed by atoms with Crippen molar-refractivity contribution in [3.05, 3.63) is 65.0 Å². The van der Waals surface area contributed by atoms with Gasteiger partial charge in [-0.15, -0.1) is 0 Å². The van der Waals surface area contributed by atoms with Gasteiger partial charge in [-0.2, -0.15) is 5.26 Å². The van der Waals surface area contributed by atoms with Crippen molar-refractivity contribution < 1.29 is 13.9 Å². The van der Waals surface area contributed by atoms with E-state index in [1.165, 1.54) is 23.8 Å². The Hall–Kier alpha value is -2.87. The fourth-order valence-corrected chi connectivity index (χ4v) is 2.63. The Morgan fingerprint density at radius 1 is 1.24 bits per heavy atom. The number of hydrogen-bond acceptors (Lipinski definition) is 3. The van der Waals surface area contributed by atoms with E-state index in [0.29, 0.717) is 11.7 Å². The number of carbonyl (C=O) groups excluding carboxylic acids is 1. The van der Waals surface area contributed by atoms with Gasteiger partial charge < -0.3 is 10.1 Å². The molecule has 1 N–H and O–H groups in total. The topological polar surface area (TPSA) is 62.1 Å². The number of nitrogens with zero attached hydrogens (tertiary/aromatic N) is 1. The van der Waals surface area contributed by atoms with Crippen LogP contribution in [0.2, 0.25) is 0 Å². The first-order valence-electron chi connectivity index (χ1n) is 8.09. The van der Waals surface area contributed by atoms with Crippen molar-refractivity contribution in [2.75, 3.05) is 6.61 Å². The van der Waals surface area contributed by atoms with Gasteiger partial charge in [0.25, 0.3) is 5.91 Å². The Balaban J connectivity index is 1.97. The summed E-state index contributed by atoms with van der Waals surface area (Å²) in [6, 6.07) is 12.4. The predicted octanol–water partition coefficient (Wildman–Crippen LogP) is 4.02. The monoisotopic (exact) mass is 340 g/mol. The molecule has 1 unspecified atom stereocenters. The molecular weight excluding hydrogens is 319 g/mol. The van der Waals surface area contributed by atoms with Gasteiger partial charge in [-0.1, -0.05) is 38.1 Å². The van der Waals surface area contributed by atoms with Crippen LogP contribution >= 0.6 is 0 Å². The van der Waals surface area contributed by atoms with Gasteiger partial charge >= 0.3 is 0 Å². The van der Waals surface area contributed by atoms with Crippen molar-refractivity contribution in [3.8, 4) is 11.8 Å². The second-order valence-electron chi connectivity index (χ2n) is 6.11. The number of ether oxygens (including phenoxy) is 1. The molecule has 2 aromatic carbocycles. The van der Waals surface area contributed by atoms with Crippen molar-refractivity contribution in [3.63, 3.8) is 0 Å². The summed E-state index contributed by atoms with van der Waals surface area (Å²) in [6.07, 6.45) is 0. The molecule has 0 saturated carbocycles. The number of nitrogens with one attached hydrogen (secondary N) is 1. The number of carbonyl (C=O) groups is 1. The Morgan fingerprint density at radius 3 is 2.56 bits per heavy atom. The highest BCUT2D eigenvalue weighted by molar-refractivity contribution is 5.78. The third kappa shape index (κ3) is 4.80. The third-order valence-corrected chi connectivity index (χ3v) is 3.88. The zero-order valence-electron chi connectivity index (χ0n) is 14.5. The summed E-state index contributed by atoms with van der Waals surface area (Å²) in [4.78, 5) is 12.0. The second-order valence-corrected chi connectivity index (χ2v) is 6.11. The summed E-state index contributed by atoms with van der Waals surface area (Å²) in [5.74, 6) is -0.0264. The van der Waals surface area contributed by atoms with Crippen LogP contribution in [0.4, 0.5) is 4.39 Å². The lowest BCUT2D eigenvalue weighted by Gasteiger charge is -2.14. The summed E-state index contributed by atoms with van der Waals surface area (Å²) in [5.41, 5.74) is 2.45. The lowest BCUT2D eigenvalue weighted by atomic mass is 9.98. The highest BCUT2D eigenvalue weighted by atomic mass is 19.1. The Labute approximate surface area is 147 Å². The molecule has 0 heterocycles. The van der Waals surface area contributed by atoms with Crippen LogP contribution in [0.5, 0.6) is 5.75 Å². The van der Waals surface area contributed by atoms with Gasteiger partial charge in [0, 0.05) is 5.56 Å². The maximum atomic E-state index is 13.7. The van der Waals surface area contributed by atoms with Crippen molar-refractivity contribution in [2.24, 2.45) is 0 Å². The standard InChI is InChI=1S/C20H21FN2O2/c1-13(2)16-9-8-15(10-14(16)3)25-12-20(24)23-19(11-22)17-6-4-5-7-18(17)21/h4-10,13,19H,12H2,1-3H3,(H,23,24). The van der Waals surface area contributed by atoms with Crippen LogP contribution in [0.25, 0.3) is 0 Å². The van der Waals surface area contributed by atoms with Crippen molar-refractivity contribution in [1.82, 2.24) is 5.32 Å². The molecule has 1 atom stereocenters. The molecule has 2 rings (SSSR count). The molecule has 25 heavy (non-hydrogen) atoms. The molecule has 0 fully saturated rings. The summed E-state index contributed by atoms with van der Waals surface area (Å²) < 4.78 is 19.2. The Bertz CT molecular complexity index is 797. The Morgan fingerprint density at radius 2 is 1.96 bits per heavy atom. The zero-order chi connectivity index (χ0) is 18.4. The number of hydrogen-bond donors (Lipinski definition) is 1. The summed E-state index contributed by atoms with van der Waals surface area (Å²) in [7, 11) is 0. The van der Waals surface area contributed by atoms with Crippen LogP contribution in [0.15, 0.2) is 42.5 Å². The molecular formula is C20H21FN2O2. The maximum Gasteiger partial charge on any atom is 0.259 e. The largest absolute Gasteiger partial charge is 0.484 e. The number of nitriles is 1. The first kappa shape index (κ1) is 18.5. The molecule has 130 valence electrons. The Kier molecular flexibility index (Phi) is 6.13. The lowest BCUT2D eigenvalue weighted by Crippen LogP contribution is -2.32. The molecule has 1 amide bonds. The normalized spacial score (nSPS) is 11.7. The number of benzene rings is 2. The van der Waals surface area contributed by atoms with Gasteiger partial charge in [0.15, 0.2) is 6.61 Å². The van der Waals surface area contributed by atoms with Gasteiger partial charge in [0.1, 0.15) is 17.6 Å². The molecule has 0 radical (unpaired) electrons. The van der Waals surface area contributed by atoms with E-state index in [2.05, 4.69) is 19.2 Å². The minimum atomic E-state index is -1.05. The highest BCUT2D eigenvalue weighted by Gasteiger charge is 2.17. The van der Waals surface area contributed by atoms with Crippen molar-refractivity contribution >= 4 is 5.91 Å². The molecule has 0 saturated heterocycles. The van der Waals surface area contributed by atoms with Gasteiger partial charge in [-0.25, -0.2) is 4.39 Å². The molecule has 5 heteroatoms. The van der Waals surface area contributed by atoms with E-state index in [1.54, 1.807) is 6.07 Å². The molecule has 0 spiro atoms. The van der Waals surface area contributed by atoms with E-state index in [9.17, 15) is 14.4 Å². The summed E-state index contributed by atoms with van der Waals surface area (Å²) >= 11 is 0. The molecule has 0 aliphatic heterocycles. The van der Waals surface area contributed by atoms with E-state index in [4.69, 9.17) is 4.74 Å². The van der Waals surface area contributed by atoms with Gasteiger partial charge in [-0.3, -0.25) is 4.79 Å². The number of aryl methyl sites for hydroxylation is 1. The SMILES string of the molecule is Cc1cc(OCC(=O)NC(C#N)c2ccccc2F)ccc1C(C)C. The summed E-state index contributed by atoms with van der Waals surface area (Å²) in [5, 5.41) is 11.7. The first-order valence-corrected chi connectivity index (χ1v) is 8.09. The zero-order valence-corrected chi connectivity index (χ0v) is 14.5.